The van der Waals surface area contributed by atoms with Crippen LogP contribution in [0.4, 0.5) is 5.82 Å². The minimum atomic E-state index is -0.959. The fourth-order valence-electron chi connectivity index (χ4n) is 1.41. The first-order chi connectivity index (χ1) is 8.65. The minimum Gasteiger partial charge on any atom is -0.478 e. The van der Waals surface area contributed by atoms with Gasteiger partial charge in [0.2, 0.25) is 0 Å². The number of nitrogens with zero attached hydrogens (tertiary/aromatic N) is 1. The van der Waals surface area contributed by atoms with Crippen molar-refractivity contribution in [3.63, 3.8) is 0 Å². The Morgan fingerprint density at radius 2 is 2.33 bits per heavy atom. The molecule has 0 amide bonds. The van der Waals surface area contributed by atoms with Crippen molar-refractivity contribution in [1.29, 1.82) is 0 Å². The molecule has 1 heterocycles. The van der Waals surface area contributed by atoms with Crippen LogP contribution in [-0.2, 0) is 4.74 Å². The molecule has 18 heavy (non-hydrogen) atoms. The van der Waals surface area contributed by atoms with Crippen molar-refractivity contribution >= 4 is 11.8 Å². The molecular formula is C13H18N2O3. The van der Waals surface area contributed by atoms with Gasteiger partial charge in [-0.05, 0) is 25.5 Å². The fourth-order valence-corrected chi connectivity index (χ4v) is 1.41. The highest BCUT2D eigenvalue weighted by Gasteiger charge is 2.07. The third-order valence-electron chi connectivity index (χ3n) is 2.34. The molecule has 0 bridgehead atoms. The predicted molar refractivity (Wildman–Crippen MR) is 70.1 cm³/mol. The van der Waals surface area contributed by atoms with Crippen LogP contribution < -0.4 is 5.32 Å². The highest BCUT2D eigenvalue weighted by molar-refractivity contribution is 5.89. The van der Waals surface area contributed by atoms with Crippen LogP contribution in [0.15, 0.2) is 24.8 Å². The van der Waals surface area contributed by atoms with Gasteiger partial charge in [-0.1, -0.05) is 6.08 Å². The van der Waals surface area contributed by atoms with Gasteiger partial charge in [-0.2, -0.15) is 0 Å². The largest absolute Gasteiger partial charge is 0.478 e. The minimum absolute atomic E-state index is 0.225. The number of carbonyl (C=O) groups is 1. The van der Waals surface area contributed by atoms with E-state index in [1.54, 1.807) is 19.1 Å². The molecule has 0 saturated heterocycles. The van der Waals surface area contributed by atoms with E-state index in [2.05, 4.69) is 16.9 Å². The molecule has 1 aromatic heterocycles. The summed E-state index contributed by atoms with van der Waals surface area (Å²) in [7, 11) is 0. The number of pyridine rings is 1. The number of aryl methyl sites for hydroxylation is 1. The van der Waals surface area contributed by atoms with Crippen molar-refractivity contribution in [2.24, 2.45) is 0 Å². The van der Waals surface area contributed by atoms with Crippen molar-refractivity contribution in [1.82, 2.24) is 4.98 Å². The number of nitrogens with one attached hydrogen (secondary N) is 1. The number of aromatic carboxylic acids is 1. The van der Waals surface area contributed by atoms with E-state index in [1.807, 2.05) is 6.08 Å². The van der Waals surface area contributed by atoms with Crippen molar-refractivity contribution in [2.45, 2.75) is 13.3 Å². The molecule has 5 nitrogen and oxygen atoms in total. The van der Waals surface area contributed by atoms with E-state index in [1.165, 1.54) is 0 Å². The Hall–Kier alpha value is -1.88. The highest BCUT2D eigenvalue weighted by atomic mass is 16.5. The Morgan fingerprint density at radius 3 is 2.94 bits per heavy atom. The first-order valence-corrected chi connectivity index (χ1v) is 5.78. The van der Waals surface area contributed by atoms with E-state index in [-0.39, 0.29) is 5.56 Å². The molecule has 1 aromatic rings. The van der Waals surface area contributed by atoms with E-state index >= 15 is 0 Å². The second kappa shape index (κ2) is 7.45. The lowest BCUT2D eigenvalue weighted by molar-refractivity contribution is 0.0695. The lowest BCUT2D eigenvalue weighted by Gasteiger charge is -2.08. The molecule has 5 heteroatoms. The quantitative estimate of drug-likeness (QED) is 0.546. The lowest BCUT2D eigenvalue weighted by Crippen LogP contribution is -2.12. The average Bonchev–Trinajstić information content (AvgIpc) is 2.33. The van der Waals surface area contributed by atoms with E-state index in [0.29, 0.717) is 31.3 Å². The fraction of sp³-hybridized carbons (Fsp3) is 0.385. The molecule has 0 fully saturated rings. The topological polar surface area (TPSA) is 71.5 Å². The van der Waals surface area contributed by atoms with Gasteiger partial charge in [0.05, 0.1) is 24.5 Å². The maximum absolute atomic E-state index is 10.8. The maximum atomic E-state index is 10.8. The van der Waals surface area contributed by atoms with Crippen LogP contribution in [-0.4, -0.2) is 35.8 Å². The van der Waals surface area contributed by atoms with Crippen molar-refractivity contribution in [3.8, 4) is 0 Å². The van der Waals surface area contributed by atoms with Crippen LogP contribution >= 0.6 is 0 Å². The standard InChI is InChI=1S/C13H18N2O3/c1-3-4-8-18-9-7-14-12-6-5-11(13(16)17)10(2)15-12/h3,5-6H,1,4,7-9H2,2H3,(H,14,15)(H,16,17). The van der Waals surface area contributed by atoms with Crippen LogP contribution in [0.5, 0.6) is 0 Å². The molecule has 0 radical (unpaired) electrons. The molecule has 0 aliphatic carbocycles. The lowest BCUT2D eigenvalue weighted by atomic mass is 10.2. The van der Waals surface area contributed by atoms with Gasteiger partial charge in [-0.15, -0.1) is 6.58 Å². The molecular weight excluding hydrogens is 232 g/mol. The van der Waals surface area contributed by atoms with Crippen molar-refractivity contribution in [2.75, 3.05) is 25.1 Å². The van der Waals surface area contributed by atoms with Gasteiger partial charge in [0.25, 0.3) is 0 Å². The smallest absolute Gasteiger partial charge is 0.337 e. The molecule has 0 aromatic carbocycles. The first-order valence-electron chi connectivity index (χ1n) is 5.78. The molecule has 1 rings (SSSR count). The number of hydrogen-bond acceptors (Lipinski definition) is 4. The number of anilines is 1. The molecule has 0 aliphatic rings. The maximum Gasteiger partial charge on any atom is 0.337 e. The van der Waals surface area contributed by atoms with Gasteiger partial charge in [-0.3, -0.25) is 0 Å². The molecule has 2 N–H and O–H groups in total. The van der Waals surface area contributed by atoms with Crippen LogP contribution in [0.1, 0.15) is 22.5 Å². The molecule has 0 saturated carbocycles. The second-order valence-electron chi connectivity index (χ2n) is 3.75. The average molecular weight is 250 g/mol. The Labute approximate surface area is 107 Å². The Morgan fingerprint density at radius 1 is 1.56 bits per heavy atom. The zero-order valence-corrected chi connectivity index (χ0v) is 10.5. The molecule has 0 aliphatic heterocycles. The van der Waals surface area contributed by atoms with Crippen LogP contribution in [0, 0.1) is 6.92 Å². The summed E-state index contributed by atoms with van der Waals surface area (Å²) in [5.41, 5.74) is 0.725. The molecule has 0 spiro atoms. The number of ether oxygens (including phenoxy) is 1. The van der Waals surface area contributed by atoms with E-state index in [0.717, 1.165) is 6.42 Å². The summed E-state index contributed by atoms with van der Waals surface area (Å²) in [5, 5.41) is 11.9. The summed E-state index contributed by atoms with van der Waals surface area (Å²) in [6.07, 6.45) is 2.65. The summed E-state index contributed by atoms with van der Waals surface area (Å²) >= 11 is 0. The van der Waals surface area contributed by atoms with Crippen molar-refractivity contribution < 1.29 is 14.6 Å². The van der Waals surface area contributed by atoms with Gasteiger partial charge in [0, 0.05) is 6.54 Å². The first kappa shape index (κ1) is 14.2. The van der Waals surface area contributed by atoms with Crippen molar-refractivity contribution in [3.05, 3.63) is 36.0 Å². The molecule has 0 atom stereocenters. The Bertz CT molecular complexity index is 419. The highest BCUT2D eigenvalue weighted by Crippen LogP contribution is 2.10. The monoisotopic (exact) mass is 250 g/mol. The van der Waals surface area contributed by atoms with Gasteiger partial charge in [0.15, 0.2) is 0 Å². The van der Waals surface area contributed by atoms with E-state index in [9.17, 15) is 4.79 Å². The number of carboxylic acid groups (broad SMARTS) is 1. The van der Waals surface area contributed by atoms with Gasteiger partial charge < -0.3 is 15.2 Å². The molecule has 0 unspecified atom stereocenters. The predicted octanol–water partition coefficient (Wildman–Crippen LogP) is 2.09. The van der Waals surface area contributed by atoms with Crippen LogP contribution in [0.2, 0.25) is 0 Å². The molecule has 98 valence electrons. The summed E-state index contributed by atoms with van der Waals surface area (Å²) < 4.78 is 5.33. The van der Waals surface area contributed by atoms with Crippen LogP contribution in [0.3, 0.4) is 0 Å². The number of rotatable bonds is 8. The second-order valence-corrected chi connectivity index (χ2v) is 3.75. The Balaban J connectivity index is 2.37. The normalized spacial score (nSPS) is 10.1. The third-order valence-corrected chi connectivity index (χ3v) is 2.34. The Kier molecular flexibility index (Phi) is 5.87. The summed E-state index contributed by atoms with van der Waals surface area (Å²) in [5.74, 6) is -0.302. The third kappa shape index (κ3) is 4.55. The number of hydrogen-bond donors (Lipinski definition) is 2. The zero-order valence-electron chi connectivity index (χ0n) is 10.5. The summed E-state index contributed by atoms with van der Waals surface area (Å²) in [6, 6.07) is 3.20. The van der Waals surface area contributed by atoms with Gasteiger partial charge in [0.1, 0.15) is 5.82 Å². The summed E-state index contributed by atoms with van der Waals surface area (Å²) in [4.78, 5) is 15.0. The van der Waals surface area contributed by atoms with Gasteiger partial charge >= 0.3 is 5.97 Å². The summed E-state index contributed by atoms with van der Waals surface area (Å²) in [6.45, 7) is 7.16. The zero-order chi connectivity index (χ0) is 13.4. The van der Waals surface area contributed by atoms with E-state index in [4.69, 9.17) is 9.84 Å². The van der Waals surface area contributed by atoms with Gasteiger partial charge in [-0.25, -0.2) is 9.78 Å². The number of carboxylic acids is 1. The van der Waals surface area contributed by atoms with Crippen LogP contribution in [0.25, 0.3) is 0 Å². The number of aromatic nitrogens is 1. The van der Waals surface area contributed by atoms with E-state index < -0.39 is 5.97 Å². The SMILES string of the molecule is C=CCCOCCNc1ccc(C(=O)O)c(C)n1.